The van der Waals surface area contributed by atoms with Gasteiger partial charge in [-0.3, -0.25) is 4.79 Å². The monoisotopic (exact) mass is 260 g/mol. The van der Waals surface area contributed by atoms with E-state index in [-0.39, 0.29) is 5.92 Å². The van der Waals surface area contributed by atoms with Crippen molar-refractivity contribution in [1.29, 1.82) is 0 Å². The van der Waals surface area contributed by atoms with E-state index in [1.165, 1.54) is 18.4 Å². The molecule has 0 heterocycles. The molecule has 19 heavy (non-hydrogen) atoms. The number of benzene rings is 1. The summed E-state index contributed by atoms with van der Waals surface area (Å²) in [6.07, 6.45) is 6.48. The molecule has 1 saturated carbocycles. The van der Waals surface area contributed by atoms with Gasteiger partial charge >= 0.3 is 5.97 Å². The van der Waals surface area contributed by atoms with Gasteiger partial charge in [-0.25, -0.2) is 0 Å². The fourth-order valence-corrected chi connectivity index (χ4v) is 3.39. The highest BCUT2D eigenvalue weighted by atomic mass is 16.4. The number of carboxylic acid groups (broad SMARTS) is 1. The predicted molar refractivity (Wildman–Crippen MR) is 77.0 cm³/mol. The van der Waals surface area contributed by atoms with Crippen molar-refractivity contribution in [3.8, 4) is 0 Å². The van der Waals surface area contributed by atoms with Gasteiger partial charge in [0.2, 0.25) is 0 Å². The van der Waals surface area contributed by atoms with Gasteiger partial charge in [-0.05, 0) is 36.7 Å². The second-order valence-electron chi connectivity index (χ2n) is 6.00. The molecule has 3 atom stereocenters. The minimum atomic E-state index is -0.604. The highest BCUT2D eigenvalue weighted by molar-refractivity contribution is 5.70. The molecule has 1 fully saturated rings. The Morgan fingerprint density at radius 3 is 2.58 bits per heavy atom. The van der Waals surface area contributed by atoms with Gasteiger partial charge in [0.1, 0.15) is 0 Å². The summed E-state index contributed by atoms with van der Waals surface area (Å²) in [6, 6.07) is 10.6. The summed E-state index contributed by atoms with van der Waals surface area (Å²) >= 11 is 0. The highest BCUT2D eigenvalue weighted by Gasteiger charge is 2.28. The topological polar surface area (TPSA) is 37.3 Å². The van der Waals surface area contributed by atoms with E-state index in [0.29, 0.717) is 11.8 Å². The fraction of sp³-hybridized carbons (Fsp3) is 0.588. The molecule has 1 aliphatic carbocycles. The van der Waals surface area contributed by atoms with Crippen LogP contribution in [0, 0.1) is 17.8 Å². The Bertz CT molecular complexity index is 399. The maximum atomic E-state index is 11.3. The number of carboxylic acids is 1. The number of rotatable bonds is 3. The zero-order chi connectivity index (χ0) is 13.7. The lowest BCUT2D eigenvalue weighted by molar-refractivity contribution is -0.144. The molecule has 1 aromatic carbocycles. The van der Waals surface area contributed by atoms with E-state index in [9.17, 15) is 9.90 Å². The van der Waals surface area contributed by atoms with Gasteiger partial charge in [0, 0.05) is 0 Å². The molecule has 0 spiro atoms. The van der Waals surface area contributed by atoms with Crippen molar-refractivity contribution >= 4 is 5.97 Å². The van der Waals surface area contributed by atoms with Gasteiger partial charge in [0.25, 0.3) is 0 Å². The standard InChI is InChI=1S/C17H24O2/c1-13-11-15(12-14-7-3-2-4-8-14)9-5-6-10-16(13)17(18)19/h2-4,7-8,13,15-16H,5-6,9-12H2,1H3,(H,18,19). The first-order valence-electron chi connectivity index (χ1n) is 7.43. The van der Waals surface area contributed by atoms with Gasteiger partial charge < -0.3 is 5.11 Å². The molecule has 2 nitrogen and oxygen atoms in total. The normalized spacial score (nSPS) is 28.4. The number of hydrogen-bond donors (Lipinski definition) is 1. The summed E-state index contributed by atoms with van der Waals surface area (Å²) in [5, 5.41) is 9.30. The molecule has 0 amide bonds. The van der Waals surface area contributed by atoms with Crippen molar-refractivity contribution in [2.24, 2.45) is 17.8 Å². The summed E-state index contributed by atoms with van der Waals surface area (Å²) < 4.78 is 0. The Labute approximate surface area is 115 Å². The van der Waals surface area contributed by atoms with E-state index in [4.69, 9.17) is 0 Å². The van der Waals surface area contributed by atoms with Crippen LogP contribution >= 0.6 is 0 Å². The Kier molecular flexibility index (Phi) is 5.00. The number of carbonyl (C=O) groups is 1. The molecular weight excluding hydrogens is 236 g/mol. The molecular formula is C17H24O2. The molecule has 1 aromatic rings. The SMILES string of the molecule is CC1CC(Cc2ccccc2)CCCCC1C(=O)O. The van der Waals surface area contributed by atoms with Crippen LogP contribution in [0.3, 0.4) is 0 Å². The lowest BCUT2D eigenvalue weighted by Crippen LogP contribution is -2.26. The second-order valence-corrected chi connectivity index (χ2v) is 6.00. The minimum Gasteiger partial charge on any atom is -0.481 e. The van der Waals surface area contributed by atoms with Crippen LogP contribution in [-0.4, -0.2) is 11.1 Å². The maximum Gasteiger partial charge on any atom is 0.306 e. The lowest BCUT2D eigenvalue weighted by Gasteiger charge is -2.28. The third-order valence-electron chi connectivity index (χ3n) is 4.45. The molecule has 2 heteroatoms. The van der Waals surface area contributed by atoms with E-state index in [1.54, 1.807) is 0 Å². The maximum absolute atomic E-state index is 11.3. The van der Waals surface area contributed by atoms with Crippen LogP contribution in [0.4, 0.5) is 0 Å². The predicted octanol–water partition coefficient (Wildman–Crippen LogP) is 4.15. The van der Waals surface area contributed by atoms with Crippen LogP contribution in [0.2, 0.25) is 0 Å². The molecule has 0 aromatic heterocycles. The Hall–Kier alpha value is -1.31. The Morgan fingerprint density at radius 2 is 1.89 bits per heavy atom. The van der Waals surface area contributed by atoms with Crippen molar-refractivity contribution in [2.45, 2.75) is 45.4 Å². The summed E-state index contributed by atoms with van der Waals surface area (Å²) in [5.74, 6) is 0.192. The quantitative estimate of drug-likeness (QED) is 0.886. The summed E-state index contributed by atoms with van der Waals surface area (Å²) in [5.41, 5.74) is 1.38. The first-order chi connectivity index (χ1) is 9.16. The zero-order valence-electron chi connectivity index (χ0n) is 11.7. The van der Waals surface area contributed by atoms with Crippen LogP contribution in [0.1, 0.15) is 44.6 Å². The van der Waals surface area contributed by atoms with Crippen molar-refractivity contribution in [1.82, 2.24) is 0 Å². The molecule has 2 rings (SSSR count). The van der Waals surface area contributed by atoms with Crippen LogP contribution in [0.25, 0.3) is 0 Å². The average Bonchev–Trinajstić information content (AvgIpc) is 2.36. The van der Waals surface area contributed by atoms with E-state index in [1.807, 2.05) is 6.07 Å². The van der Waals surface area contributed by atoms with Gasteiger partial charge in [-0.15, -0.1) is 0 Å². The molecule has 0 radical (unpaired) electrons. The second kappa shape index (κ2) is 6.74. The van der Waals surface area contributed by atoms with Crippen molar-refractivity contribution in [2.75, 3.05) is 0 Å². The third-order valence-corrected chi connectivity index (χ3v) is 4.45. The third kappa shape index (κ3) is 4.09. The fourth-order valence-electron chi connectivity index (χ4n) is 3.39. The van der Waals surface area contributed by atoms with Crippen molar-refractivity contribution < 1.29 is 9.90 Å². The van der Waals surface area contributed by atoms with E-state index in [0.717, 1.165) is 25.7 Å². The van der Waals surface area contributed by atoms with Crippen molar-refractivity contribution in [3.05, 3.63) is 35.9 Å². The van der Waals surface area contributed by atoms with Gasteiger partial charge in [0.05, 0.1) is 5.92 Å². The van der Waals surface area contributed by atoms with Gasteiger partial charge in [0.15, 0.2) is 0 Å². The van der Waals surface area contributed by atoms with Crippen molar-refractivity contribution in [3.63, 3.8) is 0 Å². The lowest BCUT2D eigenvalue weighted by atomic mass is 9.77. The molecule has 3 unspecified atom stereocenters. The summed E-state index contributed by atoms with van der Waals surface area (Å²) in [4.78, 5) is 11.3. The molecule has 0 bridgehead atoms. The number of aliphatic carboxylic acids is 1. The summed E-state index contributed by atoms with van der Waals surface area (Å²) in [7, 11) is 0. The van der Waals surface area contributed by atoms with Crippen LogP contribution in [0.5, 0.6) is 0 Å². The van der Waals surface area contributed by atoms with E-state index in [2.05, 4.69) is 31.2 Å². The largest absolute Gasteiger partial charge is 0.481 e. The Morgan fingerprint density at radius 1 is 1.21 bits per heavy atom. The zero-order valence-corrected chi connectivity index (χ0v) is 11.7. The van der Waals surface area contributed by atoms with Crippen LogP contribution in [-0.2, 0) is 11.2 Å². The van der Waals surface area contributed by atoms with E-state index < -0.39 is 5.97 Å². The molecule has 0 saturated heterocycles. The molecule has 1 N–H and O–H groups in total. The molecule has 104 valence electrons. The van der Waals surface area contributed by atoms with Crippen LogP contribution in [0.15, 0.2) is 30.3 Å². The first kappa shape index (κ1) is 14.1. The first-order valence-corrected chi connectivity index (χ1v) is 7.43. The highest BCUT2D eigenvalue weighted by Crippen LogP contribution is 2.32. The molecule has 1 aliphatic rings. The summed E-state index contributed by atoms with van der Waals surface area (Å²) in [6.45, 7) is 2.11. The molecule has 0 aliphatic heterocycles. The van der Waals surface area contributed by atoms with Gasteiger partial charge in [-0.1, -0.05) is 56.5 Å². The number of hydrogen-bond acceptors (Lipinski definition) is 1. The van der Waals surface area contributed by atoms with Crippen LogP contribution < -0.4 is 0 Å². The van der Waals surface area contributed by atoms with E-state index >= 15 is 0 Å². The minimum absolute atomic E-state index is 0.140. The smallest absolute Gasteiger partial charge is 0.306 e. The Balaban J connectivity index is 1.99. The average molecular weight is 260 g/mol. The van der Waals surface area contributed by atoms with Gasteiger partial charge in [-0.2, -0.15) is 0 Å².